The lowest BCUT2D eigenvalue weighted by atomic mass is 10.1. The molecule has 0 saturated heterocycles. The molecule has 2 aromatic heterocycles. The summed E-state index contributed by atoms with van der Waals surface area (Å²) in [5.41, 5.74) is 0.532. The zero-order valence-corrected chi connectivity index (χ0v) is 37.3. The quantitative estimate of drug-likeness (QED) is 0.0493. The average molecular weight is 909 g/mol. The van der Waals surface area contributed by atoms with Crippen molar-refractivity contribution in [2.45, 2.75) is 98.8 Å². The van der Waals surface area contributed by atoms with Crippen molar-refractivity contribution >= 4 is 51.8 Å². The molecule has 4 aromatic carbocycles. The van der Waals surface area contributed by atoms with Crippen LogP contribution in [0.2, 0.25) is 0 Å². The normalized spacial score (nSPS) is 10.5. The summed E-state index contributed by atoms with van der Waals surface area (Å²) in [4.78, 5) is 82.3. The Labute approximate surface area is 379 Å². The van der Waals surface area contributed by atoms with Crippen molar-refractivity contribution in [3.63, 3.8) is 0 Å². The van der Waals surface area contributed by atoms with Crippen LogP contribution in [0.25, 0.3) is 44.6 Å². The van der Waals surface area contributed by atoms with E-state index in [-0.39, 0.29) is 81.0 Å². The van der Waals surface area contributed by atoms with Gasteiger partial charge in [-0.2, -0.15) is 0 Å². The first-order valence-corrected chi connectivity index (χ1v) is 21.5. The Morgan fingerprint density at radius 2 is 0.879 bits per heavy atom. The second-order valence-corrected chi connectivity index (χ2v) is 14.7. The highest BCUT2D eigenvalue weighted by Gasteiger charge is 2.19. The number of phenols is 3. The highest BCUT2D eigenvalue weighted by molar-refractivity contribution is 5.90. The first kappa shape index (κ1) is 50.9. The molecule has 0 fully saturated rings. The van der Waals surface area contributed by atoms with E-state index in [4.69, 9.17) is 23.0 Å². The molecule has 66 heavy (non-hydrogen) atoms. The van der Waals surface area contributed by atoms with Crippen LogP contribution in [0.4, 0.5) is 0 Å². The molecule has 0 aliphatic carbocycles. The van der Waals surface area contributed by atoms with Gasteiger partial charge in [0.05, 0.1) is 0 Å². The van der Waals surface area contributed by atoms with Crippen LogP contribution in [0.15, 0.2) is 103 Å². The number of rotatable bonds is 15. The van der Waals surface area contributed by atoms with Crippen LogP contribution in [-0.4, -0.2) is 45.2 Å². The van der Waals surface area contributed by atoms with E-state index in [0.717, 1.165) is 18.9 Å². The van der Waals surface area contributed by atoms with E-state index >= 15 is 0 Å². The predicted molar refractivity (Wildman–Crippen MR) is 243 cm³/mol. The Kier molecular flexibility index (Phi) is 19.2. The van der Waals surface area contributed by atoms with Crippen molar-refractivity contribution in [1.29, 1.82) is 0 Å². The molecule has 0 radical (unpaired) electrons. The van der Waals surface area contributed by atoms with Gasteiger partial charge in [-0.25, -0.2) is 0 Å². The number of fused-ring (bicyclic) bond motifs is 2. The fourth-order valence-electron chi connectivity index (χ4n) is 6.01. The van der Waals surface area contributed by atoms with Gasteiger partial charge in [0.1, 0.15) is 68.0 Å². The molecule has 0 aliphatic rings. The van der Waals surface area contributed by atoms with Crippen molar-refractivity contribution in [1.82, 2.24) is 0 Å². The van der Waals surface area contributed by atoms with E-state index in [1.807, 2.05) is 34.6 Å². The minimum absolute atomic E-state index is 0.0188. The van der Waals surface area contributed by atoms with Gasteiger partial charge in [0.25, 0.3) is 0 Å². The fraction of sp³-hybridized carbons (Fsp3) is 0.300. The van der Waals surface area contributed by atoms with Gasteiger partial charge in [-0.05, 0) is 80.6 Å². The van der Waals surface area contributed by atoms with Crippen molar-refractivity contribution in [2.24, 2.45) is 0 Å². The maximum atomic E-state index is 13.0. The standard InChI is InChI=1S/C27H28O8.C15H10O5.C8H14O3/c1-4-7-24(29)32-18-12-10-17(11-13-18)21-16-20(28)27-22(34-21)14-19(33-25(30)8-5-2)15-23(27)35-26(31)9-6-3;16-9-3-1-8(2-4-9)13-7-12(19)15-11(18)5-10(17)6-14(15)20-13;1-3-5-7(9)11-8(10)6-4-2/h10-16H,4-9H2,1-3H3;1-7,16-18H;3-6H2,1-2H3. The number of carbonyl (C=O) groups is 5. The molecule has 6 aromatic rings. The molecule has 0 saturated carbocycles. The Bertz CT molecular complexity index is 2750. The molecule has 0 spiro atoms. The van der Waals surface area contributed by atoms with Gasteiger partial charge in [-0.15, -0.1) is 0 Å². The van der Waals surface area contributed by atoms with Gasteiger partial charge >= 0.3 is 29.8 Å². The molecule has 3 N–H and O–H groups in total. The Morgan fingerprint density at radius 1 is 0.455 bits per heavy atom. The molecule has 2 heterocycles. The SMILES string of the molecule is CCCC(=O)OC(=O)CCC.CCCC(=O)Oc1ccc(-c2cc(=O)c3c(OC(=O)CCC)cc(OC(=O)CCC)cc3o2)cc1.O=c1cc(-c2ccc(O)cc2)oc2cc(O)cc(O)c12. The molecular formula is C50H52O16. The van der Waals surface area contributed by atoms with E-state index in [9.17, 15) is 48.9 Å². The molecule has 16 nitrogen and oxygen atoms in total. The summed E-state index contributed by atoms with van der Waals surface area (Å²) < 4.78 is 32.0. The average Bonchev–Trinajstić information content (AvgIpc) is 3.24. The molecular weight excluding hydrogens is 857 g/mol. The Balaban J connectivity index is 0.000000256. The van der Waals surface area contributed by atoms with E-state index in [2.05, 4.69) is 4.74 Å². The van der Waals surface area contributed by atoms with E-state index < -0.39 is 34.7 Å². The highest BCUT2D eigenvalue weighted by atomic mass is 16.6. The molecule has 16 heteroatoms. The summed E-state index contributed by atoms with van der Waals surface area (Å²) in [6, 6.07) is 20.3. The van der Waals surface area contributed by atoms with Gasteiger partial charge in [0.2, 0.25) is 0 Å². The second-order valence-electron chi connectivity index (χ2n) is 14.7. The monoisotopic (exact) mass is 908 g/mol. The van der Waals surface area contributed by atoms with E-state index in [1.54, 1.807) is 36.4 Å². The van der Waals surface area contributed by atoms with Gasteiger partial charge < -0.3 is 43.1 Å². The van der Waals surface area contributed by atoms with Crippen LogP contribution in [0.3, 0.4) is 0 Å². The van der Waals surface area contributed by atoms with Crippen molar-refractivity contribution in [3.8, 4) is 57.1 Å². The largest absolute Gasteiger partial charge is 0.508 e. The Hall–Kier alpha value is -7.75. The number of carbonyl (C=O) groups excluding carboxylic acids is 5. The maximum Gasteiger partial charge on any atom is 0.313 e. The number of benzene rings is 4. The lowest BCUT2D eigenvalue weighted by molar-refractivity contribution is -0.159. The first-order chi connectivity index (χ1) is 31.6. The Morgan fingerprint density at radius 3 is 1.38 bits per heavy atom. The predicted octanol–water partition coefficient (Wildman–Crippen LogP) is 9.81. The number of phenolic OH excluding ortho intramolecular Hbond substituents is 3. The number of esters is 5. The number of aromatic hydroxyl groups is 3. The molecule has 6 rings (SSSR count). The summed E-state index contributed by atoms with van der Waals surface area (Å²) in [7, 11) is 0. The molecule has 0 unspecified atom stereocenters. The minimum Gasteiger partial charge on any atom is -0.508 e. The van der Waals surface area contributed by atoms with Crippen LogP contribution in [0.1, 0.15) is 98.8 Å². The number of hydrogen-bond acceptors (Lipinski definition) is 16. The minimum atomic E-state index is -0.512. The fourth-order valence-corrected chi connectivity index (χ4v) is 6.01. The van der Waals surface area contributed by atoms with Crippen LogP contribution < -0.4 is 25.1 Å². The van der Waals surface area contributed by atoms with Crippen LogP contribution in [0, 0.1) is 0 Å². The molecule has 0 atom stereocenters. The molecule has 0 bridgehead atoms. The van der Waals surface area contributed by atoms with E-state index in [1.165, 1.54) is 42.5 Å². The number of ether oxygens (including phenoxy) is 4. The van der Waals surface area contributed by atoms with Gasteiger partial charge in [-0.1, -0.05) is 34.6 Å². The summed E-state index contributed by atoms with van der Waals surface area (Å²) >= 11 is 0. The summed E-state index contributed by atoms with van der Waals surface area (Å²) in [6.07, 6.45) is 4.66. The lowest BCUT2D eigenvalue weighted by Gasteiger charge is -2.11. The second kappa shape index (κ2) is 24.9. The molecule has 0 aliphatic heterocycles. The van der Waals surface area contributed by atoms with Gasteiger partial charge in [0, 0.05) is 79.6 Å². The zero-order valence-electron chi connectivity index (χ0n) is 37.3. The topological polar surface area (TPSA) is 243 Å². The lowest BCUT2D eigenvalue weighted by Crippen LogP contribution is -2.12. The summed E-state index contributed by atoms with van der Waals surface area (Å²) in [5, 5.41) is 28.5. The third-order valence-corrected chi connectivity index (χ3v) is 9.04. The van der Waals surface area contributed by atoms with Crippen molar-refractivity contribution < 1.29 is 67.1 Å². The summed E-state index contributed by atoms with van der Waals surface area (Å²) in [5.74, 6) is -1.54. The third-order valence-electron chi connectivity index (χ3n) is 9.04. The van der Waals surface area contributed by atoms with Gasteiger partial charge in [0.15, 0.2) is 10.9 Å². The van der Waals surface area contributed by atoms with E-state index in [0.29, 0.717) is 55.4 Å². The molecule has 0 amide bonds. The van der Waals surface area contributed by atoms with Gasteiger partial charge in [-0.3, -0.25) is 33.6 Å². The smallest absolute Gasteiger partial charge is 0.313 e. The van der Waals surface area contributed by atoms with Crippen molar-refractivity contribution in [2.75, 3.05) is 0 Å². The first-order valence-electron chi connectivity index (χ1n) is 21.5. The van der Waals surface area contributed by atoms with Crippen LogP contribution in [0.5, 0.6) is 34.5 Å². The third kappa shape index (κ3) is 14.9. The van der Waals surface area contributed by atoms with Crippen LogP contribution in [-0.2, 0) is 28.7 Å². The zero-order chi connectivity index (χ0) is 48.3. The number of hydrogen-bond donors (Lipinski definition) is 3. The summed E-state index contributed by atoms with van der Waals surface area (Å²) in [6.45, 7) is 9.30. The van der Waals surface area contributed by atoms with Crippen molar-refractivity contribution in [3.05, 3.63) is 105 Å². The highest BCUT2D eigenvalue weighted by Crippen LogP contribution is 2.34. The maximum absolute atomic E-state index is 13.0. The molecule has 348 valence electrons. The van der Waals surface area contributed by atoms with Crippen LogP contribution >= 0.6 is 0 Å².